The molecule has 2 aromatic rings. The molecule has 3 rings (SSSR count). The van der Waals surface area contributed by atoms with E-state index in [1.165, 1.54) is 0 Å². The van der Waals surface area contributed by atoms with Gasteiger partial charge in [0.15, 0.2) is 0 Å². The van der Waals surface area contributed by atoms with Crippen molar-refractivity contribution in [2.75, 3.05) is 6.54 Å². The first kappa shape index (κ1) is 11.9. The van der Waals surface area contributed by atoms with Crippen LogP contribution in [0.2, 0.25) is 0 Å². The number of nitrogens with zero attached hydrogens (tertiary/aromatic N) is 4. The second kappa shape index (κ2) is 4.81. The Kier molecular flexibility index (Phi) is 3.00. The molecule has 0 spiro atoms. The maximum absolute atomic E-state index is 11.6. The van der Waals surface area contributed by atoms with E-state index in [-0.39, 0.29) is 0 Å². The third-order valence-electron chi connectivity index (χ3n) is 3.38. The number of benzene rings is 1. The Hall–Kier alpha value is -2.21. The molecule has 1 aliphatic heterocycles. The van der Waals surface area contributed by atoms with Crippen molar-refractivity contribution in [1.29, 1.82) is 0 Å². The first-order chi connectivity index (χ1) is 9.25. The summed E-state index contributed by atoms with van der Waals surface area (Å²) in [5, 5.41) is 17.4. The summed E-state index contributed by atoms with van der Waals surface area (Å²) in [6, 6.07) is 8.66. The lowest BCUT2D eigenvalue weighted by Gasteiger charge is -2.32. The first-order valence-electron chi connectivity index (χ1n) is 6.14. The summed E-state index contributed by atoms with van der Waals surface area (Å²) >= 11 is 0. The lowest BCUT2D eigenvalue weighted by atomic mass is 10.0. The summed E-state index contributed by atoms with van der Waals surface area (Å²) in [6.07, 6.45) is 1.69. The quantitative estimate of drug-likeness (QED) is 0.886. The lowest BCUT2D eigenvalue weighted by molar-refractivity contribution is -0.144. The SMILES string of the molecule is O=C(O)C(c1ccccc1)N1CCn2cnnc2C1. The highest BCUT2D eigenvalue weighted by Gasteiger charge is 2.30. The number of hydrogen-bond donors (Lipinski definition) is 1. The summed E-state index contributed by atoms with van der Waals surface area (Å²) in [5.41, 5.74) is 0.794. The zero-order chi connectivity index (χ0) is 13.2. The highest BCUT2D eigenvalue weighted by molar-refractivity contribution is 5.75. The summed E-state index contributed by atoms with van der Waals surface area (Å²) in [4.78, 5) is 13.5. The van der Waals surface area contributed by atoms with Gasteiger partial charge in [0.05, 0.1) is 6.54 Å². The minimum Gasteiger partial charge on any atom is -0.480 e. The number of aromatic nitrogens is 3. The molecule has 0 radical (unpaired) electrons. The highest BCUT2D eigenvalue weighted by Crippen LogP contribution is 2.24. The molecule has 1 aromatic carbocycles. The van der Waals surface area contributed by atoms with E-state index in [9.17, 15) is 9.90 Å². The van der Waals surface area contributed by atoms with Crippen molar-refractivity contribution >= 4 is 5.97 Å². The van der Waals surface area contributed by atoms with Crippen molar-refractivity contribution < 1.29 is 9.90 Å². The molecule has 6 heteroatoms. The predicted octanol–water partition coefficient (Wildman–Crippen LogP) is 0.920. The van der Waals surface area contributed by atoms with E-state index in [1.807, 2.05) is 39.8 Å². The molecule has 1 N–H and O–H groups in total. The van der Waals surface area contributed by atoms with E-state index in [4.69, 9.17) is 0 Å². The van der Waals surface area contributed by atoms with Crippen LogP contribution >= 0.6 is 0 Å². The number of fused-ring (bicyclic) bond motifs is 1. The fourth-order valence-electron chi connectivity index (χ4n) is 2.45. The molecule has 2 heterocycles. The molecular formula is C13H14N4O2. The maximum Gasteiger partial charge on any atom is 0.325 e. The monoisotopic (exact) mass is 258 g/mol. The molecule has 0 aliphatic carbocycles. The van der Waals surface area contributed by atoms with Crippen LogP contribution in [0, 0.1) is 0 Å². The predicted molar refractivity (Wildman–Crippen MR) is 67.3 cm³/mol. The largest absolute Gasteiger partial charge is 0.480 e. The van der Waals surface area contributed by atoms with Gasteiger partial charge in [0.2, 0.25) is 0 Å². The van der Waals surface area contributed by atoms with Crippen molar-refractivity contribution in [2.24, 2.45) is 0 Å². The van der Waals surface area contributed by atoms with Gasteiger partial charge in [0.25, 0.3) is 0 Å². The normalized spacial score (nSPS) is 16.8. The van der Waals surface area contributed by atoms with Crippen molar-refractivity contribution in [3.63, 3.8) is 0 Å². The van der Waals surface area contributed by atoms with E-state index >= 15 is 0 Å². The molecule has 98 valence electrons. The fourth-order valence-corrected chi connectivity index (χ4v) is 2.45. The van der Waals surface area contributed by atoms with Crippen LogP contribution in [-0.2, 0) is 17.9 Å². The molecule has 1 aliphatic rings. The number of hydrogen-bond acceptors (Lipinski definition) is 4. The molecule has 1 aromatic heterocycles. The molecule has 0 fully saturated rings. The third-order valence-corrected chi connectivity index (χ3v) is 3.38. The summed E-state index contributed by atoms with van der Waals surface area (Å²) in [6.45, 7) is 1.90. The third kappa shape index (κ3) is 2.22. The zero-order valence-corrected chi connectivity index (χ0v) is 10.3. The Balaban J connectivity index is 1.89. The van der Waals surface area contributed by atoms with Crippen LogP contribution in [0.15, 0.2) is 36.7 Å². The van der Waals surface area contributed by atoms with Crippen molar-refractivity contribution in [2.45, 2.75) is 19.1 Å². The Morgan fingerprint density at radius 1 is 1.26 bits per heavy atom. The molecule has 1 unspecified atom stereocenters. The van der Waals surface area contributed by atoms with E-state index in [0.717, 1.165) is 17.9 Å². The first-order valence-corrected chi connectivity index (χ1v) is 6.14. The van der Waals surface area contributed by atoms with Gasteiger partial charge in [-0.05, 0) is 5.56 Å². The molecular weight excluding hydrogens is 244 g/mol. The number of carbonyl (C=O) groups is 1. The van der Waals surface area contributed by atoms with Crippen molar-refractivity contribution in [3.8, 4) is 0 Å². The van der Waals surface area contributed by atoms with E-state index in [0.29, 0.717) is 13.1 Å². The zero-order valence-electron chi connectivity index (χ0n) is 10.3. The second-order valence-electron chi connectivity index (χ2n) is 4.56. The highest BCUT2D eigenvalue weighted by atomic mass is 16.4. The molecule has 1 atom stereocenters. The van der Waals surface area contributed by atoms with Crippen LogP contribution in [0.25, 0.3) is 0 Å². The van der Waals surface area contributed by atoms with Crippen LogP contribution in [0.5, 0.6) is 0 Å². The number of aliphatic carboxylic acids is 1. The average molecular weight is 258 g/mol. The van der Waals surface area contributed by atoms with Gasteiger partial charge < -0.3 is 9.67 Å². The summed E-state index contributed by atoms with van der Waals surface area (Å²) in [5.74, 6) is -0.0207. The lowest BCUT2D eigenvalue weighted by Crippen LogP contribution is -2.39. The molecule has 0 bridgehead atoms. The van der Waals surface area contributed by atoms with Crippen LogP contribution in [0.4, 0.5) is 0 Å². The van der Waals surface area contributed by atoms with Crippen molar-refractivity contribution in [3.05, 3.63) is 48.0 Å². The van der Waals surface area contributed by atoms with Crippen molar-refractivity contribution in [1.82, 2.24) is 19.7 Å². The topological polar surface area (TPSA) is 71.2 Å². The fraction of sp³-hybridized carbons (Fsp3) is 0.308. The van der Waals surface area contributed by atoms with Gasteiger partial charge >= 0.3 is 5.97 Å². The van der Waals surface area contributed by atoms with Gasteiger partial charge in [-0.2, -0.15) is 0 Å². The molecule has 6 nitrogen and oxygen atoms in total. The van der Waals surface area contributed by atoms with E-state index in [1.54, 1.807) is 6.33 Å². The number of carboxylic acids is 1. The van der Waals surface area contributed by atoms with Crippen LogP contribution in [0.1, 0.15) is 17.4 Å². The Bertz CT molecular complexity index is 581. The van der Waals surface area contributed by atoms with Gasteiger partial charge in [-0.1, -0.05) is 30.3 Å². The summed E-state index contributed by atoms with van der Waals surface area (Å²) in [7, 11) is 0. The minimum atomic E-state index is -0.834. The second-order valence-corrected chi connectivity index (χ2v) is 4.56. The smallest absolute Gasteiger partial charge is 0.325 e. The maximum atomic E-state index is 11.6. The summed E-state index contributed by atoms with van der Waals surface area (Å²) < 4.78 is 1.96. The molecule has 19 heavy (non-hydrogen) atoms. The average Bonchev–Trinajstić information content (AvgIpc) is 2.87. The van der Waals surface area contributed by atoms with Crippen LogP contribution in [-0.4, -0.2) is 37.3 Å². The minimum absolute atomic E-state index is 0.506. The Labute approximate surface area is 110 Å². The number of carboxylic acid groups (broad SMARTS) is 1. The van der Waals surface area contributed by atoms with Crippen LogP contribution in [0.3, 0.4) is 0 Å². The number of rotatable bonds is 3. The van der Waals surface area contributed by atoms with Crippen LogP contribution < -0.4 is 0 Å². The Morgan fingerprint density at radius 2 is 2.05 bits per heavy atom. The van der Waals surface area contributed by atoms with Gasteiger partial charge in [0.1, 0.15) is 18.2 Å². The Morgan fingerprint density at radius 3 is 2.79 bits per heavy atom. The molecule has 0 amide bonds. The van der Waals surface area contributed by atoms with Gasteiger partial charge in [0, 0.05) is 13.1 Å². The van der Waals surface area contributed by atoms with E-state index in [2.05, 4.69) is 10.2 Å². The van der Waals surface area contributed by atoms with E-state index < -0.39 is 12.0 Å². The molecule has 0 saturated heterocycles. The molecule has 0 saturated carbocycles. The van der Waals surface area contributed by atoms with Gasteiger partial charge in [-0.3, -0.25) is 9.69 Å². The standard InChI is InChI=1S/C13H14N4O2/c18-13(19)12(10-4-2-1-3-5-10)16-6-7-17-9-14-15-11(17)8-16/h1-5,9,12H,6-8H2,(H,18,19). The van der Waals surface area contributed by atoms with Gasteiger partial charge in [-0.25, -0.2) is 0 Å². The van der Waals surface area contributed by atoms with Gasteiger partial charge in [-0.15, -0.1) is 10.2 Å².